The maximum absolute atomic E-state index is 13.0. The second-order valence-corrected chi connectivity index (χ2v) is 10.2. The van der Waals surface area contributed by atoms with Crippen LogP contribution >= 0.6 is 11.6 Å². The van der Waals surface area contributed by atoms with E-state index in [4.69, 9.17) is 16.3 Å². The Morgan fingerprint density at radius 1 is 0.939 bits per heavy atom. The van der Waals surface area contributed by atoms with Gasteiger partial charge in [0.05, 0.1) is 15.5 Å². The lowest BCUT2D eigenvalue weighted by atomic mass is 10.2. The zero-order chi connectivity index (χ0) is 23.3. The molecular weight excluding hydrogens is 460 g/mol. The number of ether oxygens (including phenoxy) is 1. The first kappa shape index (κ1) is 23.3. The van der Waals surface area contributed by atoms with Gasteiger partial charge in [0, 0.05) is 18.8 Å². The molecule has 0 bridgehead atoms. The highest BCUT2D eigenvalue weighted by molar-refractivity contribution is 7.89. The van der Waals surface area contributed by atoms with Gasteiger partial charge in [0.25, 0.3) is 5.91 Å². The van der Waals surface area contributed by atoms with Gasteiger partial charge in [-0.25, -0.2) is 8.42 Å². The van der Waals surface area contributed by atoms with Gasteiger partial charge in [0.1, 0.15) is 12.4 Å². The third kappa shape index (κ3) is 5.74. The van der Waals surface area contributed by atoms with E-state index in [1.165, 1.54) is 22.5 Å². The van der Waals surface area contributed by atoms with Gasteiger partial charge in [-0.15, -0.1) is 0 Å². The number of nitrogens with one attached hydrogen (secondary N) is 1. The van der Waals surface area contributed by atoms with Crippen LogP contribution in [0.3, 0.4) is 0 Å². The maximum Gasteiger partial charge on any atom is 0.257 e. The van der Waals surface area contributed by atoms with Crippen molar-refractivity contribution in [1.29, 1.82) is 0 Å². The van der Waals surface area contributed by atoms with Crippen LogP contribution in [-0.4, -0.2) is 31.7 Å². The van der Waals surface area contributed by atoms with E-state index < -0.39 is 15.9 Å². The lowest BCUT2D eigenvalue weighted by Crippen LogP contribution is -2.35. The molecule has 0 radical (unpaired) electrons. The summed E-state index contributed by atoms with van der Waals surface area (Å²) in [5.74, 6) is 0.193. The summed E-state index contributed by atoms with van der Waals surface area (Å²) in [7, 11) is -3.66. The normalized spacial score (nSPS) is 14.6. The second kappa shape index (κ2) is 10.4. The van der Waals surface area contributed by atoms with Crippen molar-refractivity contribution in [2.24, 2.45) is 0 Å². The number of carbonyl (C=O) groups is 1. The number of rotatable bonds is 7. The number of anilines is 1. The summed E-state index contributed by atoms with van der Waals surface area (Å²) in [5, 5.41) is 2.96. The van der Waals surface area contributed by atoms with E-state index in [-0.39, 0.29) is 15.5 Å². The lowest BCUT2D eigenvalue weighted by Gasteiger charge is -2.26. The van der Waals surface area contributed by atoms with E-state index in [2.05, 4.69) is 5.32 Å². The highest BCUT2D eigenvalue weighted by Gasteiger charge is 2.27. The minimum atomic E-state index is -3.66. The molecule has 3 aromatic carbocycles. The Balaban J connectivity index is 1.44. The van der Waals surface area contributed by atoms with Crippen LogP contribution in [0.5, 0.6) is 5.75 Å². The van der Waals surface area contributed by atoms with Gasteiger partial charge in [0.2, 0.25) is 10.0 Å². The fourth-order valence-corrected chi connectivity index (χ4v) is 5.41. The molecule has 1 heterocycles. The molecule has 0 spiro atoms. The fourth-order valence-electron chi connectivity index (χ4n) is 3.67. The topological polar surface area (TPSA) is 75.7 Å². The summed E-state index contributed by atoms with van der Waals surface area (Å²) < 4.78 is 33.2. The van der Waals surface area contributed by atoms with Crippen molar-refractivity contribution >= 4 is 33.2 Å². The van der Waals surface area contributed by atoms with Crippen LogP contribution in [0.15, 0.2) is 77.7 Å². The number of amides is 1. The Kier molecular flexibility index (Phi) is 7.33. The predicted molar refractivity (Wildman–Crippen MR) is 129 cm³/mol. The molecule has 1 fully saturated rings. The van der Waals surface area contributed by atoms with Gasteiger partial charge in [-0.05, 0) is 60.9 Å². The third-order valence-corrected chi connectivity index (χ3v) is 7.72. The smallest absolute Gasteiger partial charge is 0.257 e. The van der Waals surface area contributed by atoms with Gasteiger partial charge in [-0.3, -0.25) is 4.79 Å². The van der Waals surface area contributed by atoms with Gasteiger partial charge in [-0.2, -0.15) is 4.31 Å². The third-order valence-electron chi connectivity index (χ3n) is 5.50. The van der Waals surface area contributed by atoms with E-state index in [0.29, 0.717) is 31.1 Å². The molecule has 1 aliphatic heterocycles. The summed E-state index contributed by atoms with van der Waals surface area (Å²) in [5.41, 5.74) is 1.72. The van der Waals surface area contributed by atoms with E-state index in [1.54, 1.807) is 24.3 Å². The molecule has 0 aromatic heterocycles. The van der Waals surface area contributed by atoms with E-state index in [0.717, 1.165) is 24.8 Å². The van der Waals surface area contributed by atoms with Crippen LogP contribution in [0.25, 0.3) is 0 Å². The molecule has 8 heteroatoms. The quantitative estimate of drug-likeness (QED) is 0.490. The molecule has 1 saturated heterocycles. The highest BCUT2D eigenvalue weighted by atomic mass is 35.5. The van der Waals surface area contributed by atoms with Crippen molar-refractivity contribution < 1.29 is 17.9 Å². The van der Waals surface area contributed by atoms with Gasteiger partial charge in [-0.1, -0.05) is 48.4 Å². The molecule has 0 aliphatic carbocycles. The number of nitrogens with zero attached hydrogens (tertiary/aromatic N) is 1. The SMILES string of the molecule is O=C(Nc1ccc(OCc2ccccc2)cc1)c1cc(S(=O)(=O)N2CCCCC2)ccc1Cl. The number of benzene rings is 3. The average Bonchev–Trinajstić information content (AvgIpc) is 2.85. The van der Waals surface area contributed by atoms with Crippen molar-refractivity contribution in [1.82, 2.24) is 4.31 Å². The lowest BCUT2D eigenvalue weighted by molar-refractivity contribution is 0.102. The van der Waals surface area contributed by atoms with Crippen molar-refractivity contribution in [2.75, 3.05) is 18.4 Å². The van der Waals surface area contributed by atoms with E-state index >= 15 is 0 Å². The van der Waals surface area contributed by atoms with Crippen molar-refractivity contribution in [3.8, 4) is 5.75 Å². The molecule has 1 N–H and O–H groups in total. The summed E-state index contributed by atoms with van der Waals surface area (Å²) in [4.78, 5) is 12.9. The molecule has 0 unspecified atom stereocenters. The zero-order valence-electron chi connectivity index (χ0n) is 18.0. The Bertz CT molecular complexity index is 1210. The Morgan fingerprint density at radius 3 is 2.33 bits per heavy atom. The first-order chi connectivity index (χ1) is 15.9. The Morgan fingerprint density at radius 2 is 1.64 bits per heavy atom. The summed E-state index contributed by atoms with van der Waals surface area (Å²) >= 11 is 6.23. The number of piperidine rings is 1. The maximum atomic E-state index is 13.0. The standard InChI is InChI=1S/C25H25ClN2O4S/c26-24-14-13-22(33(30,31)28-15-5-2-6-16-28)17-23(24)25(29)27-20-9-11-21(12-10-20)32-18-19-7-3-1-4-8-19/h1,3-4,7-14,17H,2,5-6,15-16,18H2,(H,27,29). The number of hydrogen-bond acceptors (Lipinski definition) is 4. The molecular formula is C25H25ClN2O4S. The molecule has 4 rings (SSSR count). The second-order valence-electron chi connectivity index (χ2n) is 7.86. The number of carbonyl (C=O) groups excluding carboxylic acids is 1. The Labute approximate surface area is 199 Å². The molecule has 3 aromatic rings. The minimum Gasteiger partial charge on any atom is -0.489 e. The van der Waals surface area contributed by atoms with Crippen LogP contribution in [0.2, 0.25) is 5.02 Å². The predicted octanol–water partition coefficient (Wildman–Crippen LogP) is 5.35. The first-order valence-corrected chi connectivity index (χ1v) is 12.6. The summed E-state index contributed by atoms with van der Waals surface area (Å²) in [6.45, 7) is 1.43. The molecule has 1 aliphatic rings. The van der Waals surface area contributed by atoms with Crippen molar-refractivity contribution in [3.05, 3.63) is 88.9 Å². The summed E-state index contributed by atoms with van der Waals surface area (Å²) in [6, 6.07) is 21.0. The molecule has 1 amide bonds. The fraction of sp³-hybridized carbons (Fsp3) is 0.240. The van der Waals surface area contributed by atoms with Crippen molar-refractivity contribution in [2.45, 2.75) is 30.8 Å². The zero-order valence-corrected chi connectivity index (χ0v) is 19.6. The van der Waals surface area contributed by atoms with Gasteiger partial charge < -0.3 is 10.1 Å². The molecule has 6 nitrogen and oxygen atoms in total. The van der Waals surface area contributed by atoms with Gasteiger partial charge in [0.15, 0.2) is 0 Å². The van der Waals surface area contributed by atoms with E-state index in [9.17, 15) is 13.2 Å². The van der Waals surface area contributed by atoms with E-state index in [1.807, 2.05) is 30.3 Å². The van der Waals surface area contributed by atoms with Crippen LogP contribution in [0, 0.1) is 0 Å². The van der Waals surface area contributed by atoms with Crippen LogP contribution in [0.1, 0.15) is 35.2 Å². The molecule has 0 saturated carbocycles. The molecule has 0 atom stereocenters. The van der Waals surface area contributed by atoms with Gasteiger partial charge >= 0.3 is 0 Å². The first-order valence-electron chi connectivity index (χ1n) is 10.8. The summed E-state index contributed by atoms with van der Waals surface area (Å²) in [6.07, 6.45) is 2.70. The number of hydrogen-bond donors (Lipinski definition) is 1. The number of halogens is 1. The average molecular weight is 485 g/mol. The van der Waals surface area contributed by atoms with Crippen LogP contribution < -0.4 is 10.1 Å². The van der Waals surface area contributed by atoms with Crippen LogP contribution in [0.4, 0.5) is 5.69 Å². The molecule has 172 valence electrons. The van der Waals surface area contributed by atoms with Crippen LogP contribution in [-0.2, 0) is 16.6 Å². The highest BCUT2D eigenvalue weighted by Crippen LogP contribution is 2.26. The molecule has 33 heavy (non-hydrogen) atoms. The minimum absolute atomic E-state index is 0.0728. The monoisotopic (exact) mass is 484 g/mol. The Hall–Kier alpha value is -2.87. The number of sulfonamides is 1. The van der Waals surface area contributed by atoms with Crippen molar-refractivity contribution in [3.63, 3.8) is 0 Å². The largest absolute Gasteiger partial charge is 0.489 e.